The summed E-state index contributed by atoms with van der Waals surface area (Å²) in [5, 5.41) is 4.04. The minimum Gasteiger partial charge on any atom is -0.494 e. The fourth-order valence-corrected chi connectivity index (χ4v) is 2.52. The molecule has 0 amide bonds. The van der Waals surface area contributed by atoms with Crippen LogP contribution in [0.3, 0.4) is 0 Å². The van der Waals surface area contributed by atoms with Crippen molar-refractivity contribution in [3.05, 3.63) is 70.3 Å². The van der Waals surface area contributed by atoms with Crippen molar-refractivity contribution in [1.29, 1.82) is 0 Å². The Morgan fingerprint density at radius 1 is 1.12 bits per heavy atom. The second-order valence-corrected chi connectivity index (χ2v) is 6.10. The molecule has 5 heteroatoms. The van der Waals surface area contributed by atoms with E-state index in [9.17, 15) is 4.79 Å². The first-order valence-corrected chi connectivity index (χ1v) is 8.50. The van der Waals surface area contributed by atoms with Crippen LogP contribution in [0.1, 0.15) is 30.1 Å². The smallest absolute Gasteiger partial charge is 0.187 e. The highest BCUT2D eigenvalue weighted by Gasteiger charge is 2.02. The Hall–Kier alpha value is -1.97. The Morgan fingerprint density at radius 2 is 1.79 bits per heavy atom. The van der Waals surface area contributed by atoms with E-state index in [0.29, 0.717) is 22.2 Å². The fraction of sp³-hybridized carbons (Fsp3) is 0.211. The molecule has 0 aliphatic heterocycles. The molecule has 0 radical (unpaired) electrons. The lowest BCUT2D eigenvalue weighted by atomic mass is 10.1. The predicted octanol–water partition coefficient (Wildman–Crippen LogP) is 5.98. The van der Waals surface area contributed by atoms with Gasteiger partial charge in [0.05, 0.1) is 6.61 Å². The van der Waals surface area contributed by atoms with Crippen LogP contribution in [0.4, 0.5) is 5.69 Å². The number of hydrogen-bond donors (Lipinski definition) is 1. The summed E-state index contributed by atoms with van der Waals surface area (Å²) in [5.41, 5.74) is 1.32. The molecule has 2 aromatic rings. The molecule has 0 spiro atoms. The van der Waals surface area contributed by atoms with Gasteiger partial charge in [-0.05, 0) is 48.9 Å². The molecule has 24 heavy (non-hydrogen) atoms. The van der Waals surface area contributed by atoms with Gasteiger partial charge in [0.2, 0.25) is 0 Å². The number of rotatable bonds is 8. The van der Waals surface area contributed by atoms with E-state index in [1.165, 1.54) is 6.08 Å². The SMILES string of the molecule is CCCCOc1ccc(C(=O)C=CNc2cc(Cl)cc(Cl)c2)cc1. The summed E-state index contributed by atoms with van der Waals surface area (Å²) in [6.07, 6.45) is 5.13. The van der Waals surface area contributed by atoms with E-state index in [4.69, 9.17) is 27.9 Å². The molecule has 3 nitrogen and oxygen atoms in total. The van der Waals surface area contributed by atoms with E-state index in [1.54, 1.807) is 48.7 Å². The van der Waals surface area contributed by atoms with Gasteiger partial charge in [-0.15, -0.1) is 0 Å². The number of anilines is 1. The van der Waals surface area contributed by atoms with E-state index < -0.39 is 0 Å². The zero-order chi connectivity index (χ0) is 17.4. The molecule has 0 heterocycles. The van der Waals surface area contributed by atoms with Crippen molar-refractivity contribution in [3.63, 3.8) is 0 Å². The largest absolute Gasteiger partial charge is 0.494 e. The summed E-state index contributed by atoms with van der Waals surface area (Å²) in [6, 6.07) is 12.2. The second kappa shape index (κ2) is 9.36. The maximum absolute atomic E-state index is 12.1. The van der Waals surface area contributed by atoms with Crippen molar-refractivity contribution in [1.82, 2.24) is 0 Å². The first-order valence-electron chi connectivity index (χ1n) is 7.75. The number of hydrogen-bond acceptors (Lipinski definition) is 3. The molecular weight excluding hydrogens is 345 g/mol. The van der Waals surface area contributed by atoms with Crippen LogP contribution in [0.25, 0.3) is 0 Å². The van der Waals surface area contributed by atoms with Gasteiger partial charge >= 0.3 is 0 Å². The molecule has 2 aromatic carbocycles. The number of carbonyl (C=O) groups excluding carboxylic acids is 1. The highest BCUT2D eigenvalue weighted by atomic mass is 35.5. The zero-order valence-electron chi connectivity index (χ0n) is 13.4. The summed E-state index contributed by atoms with van der Waals surface area (Å²) in [6.45, 7) is 2.80. The quantitative estimate of drug-likeness (QED) is 0.356. The number of ketones is 1. The topological polar surface area (TPSA) is 38.3 Å². The Bertz CT molecular complexity index is 692. The molecule has 0 atom stereocenters. The van der Waals surface area contributed by atoms with Crippen LogP contribution in [-0.2, 0) is 0 Å². The molecule has 2 rings (SSSR count). The lowest BCUT2D eigenvalue weighted by Gasteiger charge is -2.05. The number of carbonyl (C=O) groups is 1. The maximum atomic E-state index is 12.1. The molecule has 0 saturated carbocycles. The van der Waals surface area contributed by atoms with Gasteiger partial charge in [-0.3, -0.25) is 4.79 Å². The van der Waals surface area contributed by atoms with Crippen LogP contribution < -0.4 is 10.1 Å². The van der Waals surface area contributed by atoms with Crippen LogP contribution in [0.2, 0.25) is 10.0 Å². The van der Waals surface area contributed by atoms with Gasteiger partial charge in [-0.1, -0.05) is 36.5 Å². The highest BCUT2D eigenvalue weighted by Crippen LogP contribution is 2.22. The van der Waals surface area contributed by atoms with Crippen molar-refractivity contribution >= 4 is 34.7 Å². The van der Waals surface area contributed by atoms with Gasteiger partial charge < -0.3 is 10.1 Å². The summed E-state index contributed by atoms with van der Waals surface area (Å²) in [4.78, 5) is 12.1. The standard InChI is InChI=1S/C19H19Cl2NO2/c1-2-3-10-24-18-6-4-14(5-7-18)19(23)8-9-22-17-12-15(20)11-16(21)13-17/h4-9,11-13,22H,2-3,10H2,1H3. The van der Waals surface area contributed by atoms with Gasteiger partial charge in [0, 0.05) is 33.6 Å². The Morgan fingerprint density at radius 3 is 2.42 bits per heavy atom. The lowest BCUT2D eigenvalue weighted by Crippen LogP contribution is -1.99. The third kappa shape index (κ3) is 5.91. The average Bonchev–Trinajstić information content (AvgIpc) is 2.55. The van der Waals surface area contributed by atoms with Crippen molar-refractivity contribution in [2.45, 2.75) is 19.8 Å². The molecule has 0 fully saturated rings. The molecule has 0 unspecified atom stereocenters. The number of allylic oxidation sites excluding steroid dienone is 1. The first kappa shape index (κ1) is 18.4. The summed E-state index contributed by atoms with van der Waals surface area (Å²) in [7, 11) is 0. The molecule has 0 bridgehead atoms. The van der Waals surface area contributed by atoms with E-state index in [0.717, 1.165) is 24.3 Å². The van der Waals surface area contributed by atoms with Crippen molar-refractivity contribution in [3.8, 4) is 5.75 Å². The maximum Gasteiger partial charge on any atom is 0.187 e. The Balaban J connectivity index is 1.91. The molecule has 0 saturated heterocycles. The number of nitrogens with one attached hydrogen (secondary N) is 1. The van der Waals surface area contributed by atoms with Gasteiger partial charge in [-0.2, -0.15) is 0 Å². The van der Waals surface area contributed by atoms with Crippen LogP contribution >= 0.6 is 23.2 Å². The molecule has 0 aliphatic carbocycles. The number of ether oxygens (including phenoxy) is 1. The van der Waals surface area contributed by atoms with Gasteiger partial charge in [0.25, 0.3) is 0 Å². The number of unbranched alkanes of at least 4 members (excludes halogenated alkanes) is 1. The third-order valence-electron chi connectivity index (χ3n) is 3.25. The van der Waals surface area contributed by atoms with Crippen molar-refractivity contribution in [2.24, 2.45) is 0 Å². The van der Waals surface area contributed by atoms with Crippen LogP contribution in [-0.4, -0.2) is 12.4 Å². The molecule has 0 aromatic heterocycles. The van der Waals surface area contributed by atoms with Crippen LogP contribution in [0.5, 0.6) is 5.75 Å². The van der Waals surface area contributed by atoms with E-state index in [2.05, 4.69) is 12.2 Å². The summed E-state index contributed by atoms with van der Waals surface area (Å²) in [5.74, 6) is 0.673. The Kier molecular flexibility index (Phi) is 7.16. The number of benzene rings is 2. The Labute approximate surface area is 152 Å². The minimum absolute atomic E-state index is 0.101. The monoisotopic (exact) mass is 363 g/mol. The molecular formula is C19H19Cl2NO2. The number of halogens is 2. The van der Waals surface area contributed by atoms with Crippen LogP contribution in [0.15, 0.2) is 54.7 Å². The normalized spacial score (nSPS) is 10.8. The van der Waals surface area contributed by atoms with Crippen molar-refractivity contribution < 1.29 is 9.53 Å². The zero-order valence-corrected chi connectivity index (χ0v) is 14.9. The fourth-order valence-electron chi connectivity index (χ4n) is 2.00. The first-order chi connectivity index (χ1) is 11.6. The minimum atomic E-state index is -0.101. The highest BCUT2D eigenvalue weighted by molar-refractivity contribution is 6.35. The van der Waals surface area contributed by atoms with Crippen molar-refractivity contribution in [2.75, 3.05) is 11.9 Å². The third-order valence-corrected chi connectivity index (χ3v) is 3.69. The van der Waals surface area contributed by atoms with E-state index in [-0.39, 0.29) is 5.78 Å². The van der Waals surface area contributed by atoms with Gasteiger partial charge in [0.15, 0.2) is 5.78 Å². The predicted molar refractivity (Wildman–Crippen MR) is 100 cm³/mol. The second-order valence-electron chi connectivity index (χ2n) is 5.23. The summed E-state index contributed by atoms with van der Waals surface area (Å²) < 4.78 is 5.58. The average molecular weight is 364 g/mol. The molecule has 1 N–H and O–H groups in total. The molecule has 126 valence electrons. The van der Waals surface area contributed by atoms with Gasteiger partial charge in [0.1, 0.15) is 5.75 Å². The van der Waals surface area contributed by atoms with Crippen LogP contribution in [0, 0.1) is 0 Å². The van der Waals surface area contributed by atoms with Gasteiger partial charge in [-0.25, -0.2) is 0 Å². The lowest BCUT2D eigenvalue weighted by molar-refractivity contribution is 0.104. The van der Waals surface area contributed by atoms with E-state index >= 15 is 0 Å². The molecule has 0 aliphatic rings. The summed E-state index contributed by atoms with van der Waals surface area (Å²) >= 11 is 11.8. The van der Waals surface area contributed by atoms with E-state index in [1.807, 2.05) is 0 Å².